The number of hydrogen-bond acceptors (Lipinski definition) is 4. The van der Waals surface area contributed by atoms with Gasteiger partial charge in [0.15, 0.2) is 0 Å². The molecule has 0 aliphatic heterocycles. The first-order chi connectivity index (χ1) is 20.0. The molecule has 0 unspecified atom stereocenters. The van der Waals surface area contributed by atoms with Gasteiger partial charge in [0.05, 0.1) is 17.0 Å². The van der Waals surface area contributed by atoms with Gasteiger partial charge in [0.2, 0.25) is 21.8 Å². The maximum Gasteiger partial charge on any atom is 0.244 e. The first-order valence-corrected chi connectivity index (χ1v) is 16.8. The quantitative estimate of drug-likeness (QED) is 0.257. The summed E-state index contributed by atoms with van der Waals surface area (Å²) in [5, 5.41) is 4.04. The van der Waals surface area contributed by atoms with Gasteiger partial charge in [-0.2, -0.15) is 0 Å². The van der Waals surface area contributed by atoms with Gasteiger partial charge in [-0.15, -0.1) is 0 Å². The van der Waals surface area contributed by atoms with E-state index in [0.717, 1.165) is 48.2 Å². The third-order valence-electron chi connectivity index (χ3n) is 7.32. The van der Waals surface area contributed by atoms with Gasteiger partial charge in [-0.3, -0.25) is 13.9 Å². The topological polar surface area (TPSA) is 86.8 Å². The largest absolute Gasteiger partial charge is 0.352 e. The van der Waals surface area contributed by atoms with Crippen molar-refractivity contribution in [2.24, 2.45) is 0 Å². The Labute approximate surface area is 262 Å². The number of anilines is 1. The molecule has 4 rings (SSSR count). The summed E-state index contributed by atoms with van der Waals surface area (Å²) in [6.45, 7) is -0.544. The molecule has 0 bridgehead atoms. The fourth-order valence-electron chi connectivity index (χ4n) is 5.20. The predicted octanol–water partition coefficient (Wildman–Crippen LogP) is 6.50. The molecule has 42 heavy (non-hydrogen) atoms. The van der Waals surface area contributed by atoms with Gasteiger partial charge in [-0.05, 0) is 54.3 Å². The van der Waals surface area contributed by atoms with Crippen LogP contribution >= 0.6 is 34.8 Å². The molecule has 3 aromatic rings. The molecule has 3 aromatic carbocycles. The van der Waals surface area contributed by atoms with E-state index in [-0.39, 0.29) is 40.6 Å². The molecule has 0 saturated heterocycles. The standard InChI is InChI=1S/C31H34Cl3N3O4S/c1-42(40,41)37(28-19-25(33)15-16-27(28)34)21-30(38)36(20-23-11-8-12-24(32)17-23)29(18-22-9-4-2-5-10-22)31(39)35-26-13-6-3-7-14-26/h2,4-5,8-12,15-17,19,26,29H,3,6-7,13-14,18,20-21H2,1H3,(H,35,39)/t29-/m0/s1. The molecule has 1 atom stereocenters. The van der Waals surface area contributed by atoms with E-state index in [1.54, 1.807) is 18.2 Å². The Bertz CT molecular complexity index is 1500. The number of carbonyl (C=O) groups is 2. The molecule has 1 N–H and O–H groups in total. The van der Waals surface area contributed by atoms with Crippen LogP contribution in [0.25, 0.3) is 0 Å². The van der Waals surface area contributed by atoms with Crippen molar-refractivity contribution < 1.29 is 18.0 Å². The van der Waals surface area contributed by atoms with Crippen LogP contribution in [0, 0.1) is 0 Å². The summed E-state index contributed by atoms with van der Waals surface area (Å²) in [6, 6.07) is 20.0. The lowest BCUT2D eigenvalue weighted by molar-refractivity contribution is -0.140. The van der Waals surface area contributed by atoms with Crippen LogP contribution in [-0.4, -0.2) is 50.0 Å². The molecule has 1 fully saturated rings. The van der Waals surface area contributed by atoms with Gasteiger partial charge in [-0.1, -0.05) is 96.5 Å². The summed E-state index contributed by atoms with van der Waals surface area (Å²) in [4.78, 5) is 29.6. The highest BCUT2D eigenvalue weighted by molar-refractivity contribution is 7.92. The number of amides is 2. The Balaban J connectivity index is 1.74. The van der Waals surface area contributed by atoms with E-state index in [1.807, 2.05) is 36.4 Å². The number of rotatable bonds is 11. The van der Waals surface area contributed by atoms with E-state index in [4.69, 9.17) is 34.8 Å². The highest BCUT2D eigenvalue weighted by atomic mass is 35.5. The Morgan fingerprint density at radius 3 is 2.21 bits per heavy atom. The van der Waals surface area contributed by atoms with Crippen molar-refractivity contribution in [1.82, 2.24) is 10.2 Å². The molecule has 224 valence electrons. The summed E-state index contributed by atoms with van der Waals surface area (Å²) >= 11 is 18.8. The maximum absolute atomic E-state index is 14.2. The summed E-state index contributed by atoms with van der Waals surface area (Å²) in [5.41, 5.74) is 1.64. The van der Waals surface area contributed by atoms with Crippen LogP contribution in [0.2, 0.25) is 15.1 Å². The Hall–Kier alpha value is -2.78. The molecule has 1 aliphatic carbocycles. The predicted molar refractivity (Wildman–Crippen MR) is 170 cm³/mol. The van der Waals surface area contributed by atoms with Crippen molar-refractivity contribution in [3.8, 4) is 0 Å². The lowest BCUT2D eigenvalue weighted by Crippen LogP contribution is -2.55. The minimum absolute atomic E-state index is 0.0189. The van der Waals surface area contributed by atoms with Crippen LogP contribution < -0.4 is 9.62 Å². The zero-order valence-electron chi connectivity index (χ0n) is 23.3. The van der Waals surface area contributed by atoms with Gasteiger partial charge in [0.1, 0.15) is 12.6 Å². The fraction of sp³-hybridized carbons (Fsp3) is 0.355. The first kappa shape index (κ1) is 32.1. The van der Waals surface area contributed by atoms with E-state index < -0.39 is 28.5 Å². The zero-order valence-corrected chi connectivity index (χ0v) is 26.4. The van der Waals surface area contributed by atoms with Gasteiger partial charge in [0, 0.05) is 29.1 Å². The van der Waals surface area contributed by atoms with E-state index >= 15 is 0 Å². The lowest BCUT2D eigenvalue weighted by Gasteiger charge is -2.35. The third kappa shape index (κ3) is 8.86. The minimum Gasteiger partial charge on any atom is -0.352 e. The number of nitrogens with one attached hydrogen (secondary N) is 1. The van der Waals surface area contributed by atoms with Crippen LogP contribution in [0.15, 0.2) is 72.8 Å². The highest BCUT2D eigenvalue weighted by Gasteiger charge is 2.34. The maximum atomic E-state index is 14.2. The van der Waals surface area contributed by atoms with Crippen LogP contribution in [-0.2, 0) is 32.6 Å². The zero-order chi connectivity index (χ0) is 30.3. The molecule has 0 spiro atoms. The number of nitrogens with zero attached hydrogens (tertiary/aromatic N) is 2. The van der Waals surface area contributed by atoms with Crippen LogP contribution in [0.1, 0.15) is 43.2 Å². The van der Waals surface area contributed by atoms with Crippen LogP contribution in [0.5, 0.6) is 0 Å². The average Bonchev–Trinajstić information content (AvgIpc) is 2.95. The van der Waals surface area contributed by atoms with Crippen molar-refractivity contribution in [3.05, 3.63) is 99.0 Å². The number of halogens is 3. The number of sulfonamides is 1. The third-order valence-corrected chi connectivity index (χ3v) is 9.24. The fourth-order valence-corrected chi connectivity index (χ4v) is 6.70. The van der Waals surface area contributed by atoms with Gasteiger partial charge in [-0.25, -0.2) is 8.42 Å². The van der Waals surface area contributed by atoms with Gasteiger partial charge in [0.25, 0.3) is 0 Å². The molecule has 1 saturated carbocycles. The van der Waals surface area contributed by atoms with Crippen molar-refractivity contribution in [2.75, 3.05) is 17.1 Å². The summed E-state index contributed by atoms with van der Waals surface area (Å²) in [5.74, 6) is -0.857. The van der Waals surface area contributed by atoms with Gasteiger partial charge >= 0.3 is 0 Å². The Kier molecular flexibility index (Phi) is 11.2. The van der Waals surface area contributed by atoms with E-state index in [1.165, 1.54) is 23.1 Å². The Morgan fingerprint density at radius 1 is 0.881 bits per heavy atom. The second kappa shape index (κ2) is 14.6. The average molecular weight is 651 g/mol. The van der Waals surface area contributed by atoms with E-state index in [0.29, 0.717) is 10.6 Å². The van der Waals surface area contributed by atoms with Crippen LogP contribution in [0.4, 0.5) is 5.69 Å². The number of carbonyl (C=O) groups excluding carboxylic acids is 2. The second-order valence-corrected chi connectivity index (χ2v) is 13.8. The minimum atomic E-state index is -3.97. The monoisotopic (exact) mass is 649 g/mol. The van der Waals surface area contributed by atoms with E-state index in [2.05, 4.69) is 5.32 Å². The number of hydrogen-bond donors (Lipinski definition) is 1. The summed E-state index contributed by atoms with van der Waals surface area (Å²) < 4.78 is 26.9. The summed E-state index contributed by atoms with van der Waals surface area (Å²) in [6.07, 6.45) is 6.18. The normalized spacial score (nSPS) is 14.7. The van der Waals surface area contributed by atoms with Crippen molar-refractivity contribution in [1.29, 1.82) is 0 Å². The first-order valence-electron chi connectivity index (χ1n) is 13.8. The van der Waals surface area contributed by atoms with Gasteiger partial charge < -0.3 is 10.2 Å². The highest BCUT2D eigenvalue weighted by Crippen LogP contribution is 2.31. The molecule has 1 aliphatic rings. The molecular weight excluding hydrogens is 617 g/mol. The van der Waals surface area contributed by atoms with E-state index in [9.17, 15) is 18.0 Å². The summed E-state index contributed by atoms with van der Waals surface area (Å²) in [7, 11) is -3.97. The van der Waals surface area contributed by atoms with Crippen molar-refractivity contribution in [3.63, 3.8) is 0 Å². The SMILES string of the molecule is CS(=O)(=O)N(CC(=O)N(Cc1cccc(Cl)c1)[C@@H](Cc1ccccc1)C(=O)NC1CCCCC1)c1cc(Cl)ccc1Cl. The molecule has 2 amide bonds. The molecule has 7 nitrogen and oxygen atoms in total. The lowest BCUT2D eigenvalue weighted by atomic mass is 9.94. The van der Waals surface area contributed by atoms with Crippen molar-refractivity contribution >= 4 is 62.3 Å². The molecular formula is C31H34Cl3N3O4S. The van der Waals surface area contributed by atoms with Crippen LogP contribution in [0.3, 0.4) is 0 Å². The Morgan fingerprint density at radius 2 is 1.55 bits per heavy atom. The molecule has 0 heterocycles. The molecule has 11 heteroatoms. The molecule has 0 aromatic heterocycles. The number of benzene rings is 3. The smallest absolute Gasteiger partial charge is 0.244 e. The molecule has 0 radical (unpaired) electrons. The van der Waals surface area contributed by atoms with Crippen molar-refractivity contribution in [2.45, 2.75) is 57.2 Å². The second-order valence-electron chi connectivity index (χ2n) is 10.6.